The van der Waals surface area contributed by atoms with Crippen LogP contribution in [0.2, 0.25) is 0 Å². The molecule has 0 unspecified atom stereocenters. The molecule has 1 fully saturated rings. The van der Waals surface area contributed by atoms with Gasteiger partial charge in [-0.05, 0) is 24.3 Å². The molecule has 24 heavy (non-hydrogen) atoms. The Hall–Kier alpha value is -2.93. The Balaban J connectivity index is 1.36. The third kappa shape index (κ3) is 2.93. The molecule has 1 aliphatic rings. The monoisotopic (exact) mass is 324 g/mol. The molecule has 1 aliphatic heterocycles. The second-order valence-corrected chi connectivity index (χ2v) is 5.61. The predicted octanol–water partition coefficient (Wildman–Crippen LogP) is 2.22. The fourth-order valence-electron chi connectivity index (χ4n) is 2.77. The van der Waals surface area contributed by atoms with Crippen LogP contribution in [0.25, 0.3) is 11.6 Å². The normalized spacial score (nSPS) is 17.6. The van der Waals surface area contributed by atoms with E-state index in [0.717, 1.165) is 5.69 Å². The molecule has 3 heterocycles. The van der Waals surface area contributed by atoms with Crippen LogP contribution in [-0.2, 0) is 11.3 Å². The summed E-state index contributed by atoms with van der Waals surface area (Å²) < 4.78 is 10.4. The molecule has 7 nitrogen and oxygen atoms in total. The molecular formula is C17H16N4O3. The van der Waals surface area contributed by atoms with Crippen LogP contribution in [0.3, 0.4) is 0 Å². The number of carbonyl (C=O) groups is 1. The number of anilines is 1. The van der Waals surface area contributed by atoms with E-state index in [4.69, 9.17) is 8.94 Å². The van der Waals surface area contributed by atoms with E-state index < -0.39 is 0 Å². The first kappa shape index (κ1) is 14.6. The molecule has 1 atom stereocenters. The van der Waals surface area contributed by atoms with Crippen molar-refractivity contribution in [3.8, 4) is 11.6 Å². The van der Waals surface area contributed by atoms with Gasteiger partial charge in [-0.25, -0.2) is 0 Å². The van der Waals surface area contributed by atoms with Crippen molar-refractivity contribution in [1.82, 2.24) is 15.5 Å². The molecule has 1 amide bonds. The third-order valence-electron chi connectivity index (χ3n) is 3.94. The summed E-state index contributed by atoms with van der Waals surface area (Å²) in [5.41, 5.74) is 0.921. The Kier molecular flexibility index (Phi) is 3.84. The van der Waals surface area contributed by atoms with Crippen LogP contribution in [-0.4, -0.2) is 28.6 Å². The second-order valence-electron chi connectivity index (χ2n) is 5.61. The molecule has 3 aromatic rings. The van der Waals surface area contributed by atoms with Crippen LogP contribution in [0.15, 0.2) is 57.7 Å². The number of para-hydroxylation sites is 1. The van der Waals surface area contributed by atoms with Gasteiger partial charge >= 0.3 is 0 Å². The summed E-state index contributed by atoms with van der Waals surface area (Å²) in [5, 5.41) is 7.18. The minimum absolute atomic E-state index is 0.0525. The van der Waals surface area contributed by atoms with Crippen molar-refractivity contribution in [3.63, 3.8) is 0 Å². The number of amides is 1. The van der Waals surface area contributed by atoms with Crippen molar-refractivity contribution in [3.05, 3.63) is 54.6 Å². The Labute approximate surface area is 138 Å². The number of hydrogen-bond acceptors (Lipinski definition) is 6. The number of nitrogens with one attached hydrogen (secondary N) is 1. The highest BCUT2D eigenvalue weighted by molar-refractivity contribution is 5.96. The molecule has 1 saturated heterocycles. The van der Waals surface area contributed by atoms with Gasteiger partial charge in [0, 0.05) is 24.7 Å². The maximum absolute atomic E-state index is 12.2. The number of furan rings is 1. The largest absolute Gasteiger partial charge is 0.461 e. The molecule has 4 rings (SSSR count). The highest BCUT2D eigenvalue weighted by atomic mass is 16.5. The lowest BCUT2D eigenvalue weighted by Crippen LogP contribution is -2.32. The molecule has 122 valence electrons. The van der Waals surface area contributed by atoms with Crippen LogP contribution in [0, 0.1) is 0 Å². The van der Waals surface area contributed by atoms with Crippen LogP contribution in [0.4, 0.5) is 5.69 Å². The van der Waals surface area contributed by atoms with Crippen LogP contribution >= 0.6 is 0 Å². The van der Waals surface area contributed by atoms with Crippen molar-refractivity contribution >= 4 is 11.6 Å². The first-order valence-electron chi connectivity index (χ1n) is 7.75. The lowest BCUT2D eigenvalue weighted by Gasteiger charge is -2.16. The zero-order chi connectivity index (χ0) is 16.4. The second kappa shape index (κ2) is 6.29. The average Bonchev–Trinajstić information content (AvgIpc) is 3.34. The number of aromatic nitrogens is 2. The summed E-state index contributed by atoms with van der Waals surface area (Å²) in [6, 6.07) is 13.3. The standard InChI is InChI=1S/C17H16N4O3/c22-16-9-12(11-21(16)13-5-2-1-3-6-13)18-10-15-19-17(20-24-15)14-7-4-8-23-14/h1-8,12,18H,9-11H2/t12-/m0/s1. The predicted molar refractivity (Wildman–Crippen MR) is 86.0 cm³/mol. The third-order valence-corrected chi connectivity index (χ3v) is 3.94. The van der Waals surface area contributed by atoms with Gasteiger partial charge in [0.15, 0.2) is 5.76 Å². The van der Waals surface area contributed by atoms with E-state index in [-0.39, 0.29) is 11.9 Å². The van der Waals surface area contributed by atoms with E-state index in [2.05, 4.69) is 15.5 Å². The minimum Gasteiger partial charge on any atom is -0.461 e. The quantitative estimate of drug-likeness (QED) is 0.775. The van der Waals surface area contributed by atoms with Gasteiger partial charge in [0.2, 0.25) is 17.6 Å². The molecule has 0 radical (unpaired) electrons. The summed E-state index contributed by atoms with van der Waals surface area (Å²) in [6.45, 7) is 1.04. The lowest BCUT2D eigenvalue weighted by molar-refractivity contribution is -0.117. The fraction of sp³-hybridized carbons (Fsp3) is 0.235. The zero-order valence-electron chi connectivity index (χ0n) is 12.9. The van der Waals surface area contributed by atoms with Gasteiger partial charge in [-0.2, -0.15) is 4.98 Å². The first-order valence-corrected chi connectivity index (χ1v) is 7.75. The molecule has 7 heteroatoms. The molecule has 1 N–H and O–H groups in total. The summed E-state index contributed by atoms with van der Waals surface area (Å²) >= 11 is 0. The van der Waals surface area contributed by atoms with E-state index in [9.17, 15) is 4.79 Å². The van der Waals surface area contributed by atoms with Crippen LogP contribution < -0.4 is 10.2 Å². The van der Waals surface area contributed by atoms with Gasteiger partial charge in [-0.3, -0.25) is 4.79 Å². The van der Waals surface area contributed by atoms with Crippen LogP contribution in [0.5, 0.6) is 0 Å². The molecular weight excluding hydrogens is 308 g/mol. The van der Waals surface area contributed by atoms with Crippen molar-refractivity contribution in [2.45, 2.75) is 19.0 Å². The summed E-state index contributed by atoms with van der Waals surface area (Å²) in [6.07, 6.45) is 2.01. The minimum atomic E-state index is 0.0525. The molecule has 0 aliphatic carbocycles. The number of carbonyl (C=O) groups excluding carboxylic acids is 1. The lowest BCUT2D eigenvalue weighted by atomic mass is 10.2. The van der Waals surface area contributed by atoms with E-state index in [1.165, 1.54) is 0 Å². The topological polar surface area (TPSA) is 84.4 Å². The van der Waals surface area contributed by atoms with Gasteiger partial charge in [-0.15, -0.1) is 0 Å². The fourth-order valence-corrected chi connectivity index (χ4v) is 2.77. The van der Waals surface area contributed by atoms with Crippen molar-refractivity contribution in [2.75, 3.05) is 11.4 Å². The first-order chi connectivity index (χ1) is 11.8. The molecule has 2 aromatic heterocycles. The smallest absolute Gasteiger partial charge is 0.241 e. The Morgan fingerprint density at radius 2 is 2.08 bits per heavy atom. The van der Waals surface area contributed by atoms with Crippen molar-refractivity contribution < 1.29 is 13.7 Å². The van der Waals surface area contributed by atoms with Crippen molar-refractivity contribution in [1.29, 1.82) is 0 Å². The van der Waals surface area contributed by atoms with Crippen LogP contribution in [0.1, 0.15) is 12.3 Å². The molecule has 0 spiro atoms. The molecule has 1 aromatic carbocycles. The summed E-state index contributed by atoms with van der Waals surface area (Å²) in [4.78, 5) is 18.2. The van der Waals surface area contributed by atoms with Crippen molar-refractivity contribution in [2.24, 2.45) is 0 Å². The highest BCUT2D eigenvalue weighted by Gasteiger charge is 2.30. The van der Waals surface area contributed by atoms with E-state index in [1.54, 1.807) is 23.3 Å². The Morgan fingerprint density at radius 3 is 2.88 bits per heavy atom. The van der Waals surface area contributed by atoms with Gasteiger partial charge in [0.25, 0.3) is 0 Å². The van der Waals surface area contributed by atoms with Gasteiger partial charge in [0.1, 0.15) is 0 Å². The van der Waals surface area contributed by atoms with Gasteiger partial charge in [-0.1, -0.05) is 23.4 Å². The molecule has 0 saturated carbocycles. The Bertz CT molecular complexity index is 814. The van der Waals surface area contributed by atoms with Gasteiger partial charge in [0.05, 0.1) is 12.8 Å². The number of nitrogens with zero attached hydrogens (tertiary/aromatic N) is 3. The SMILES string of the molecule is O=C1C[C@H](NCc2nc(-c3ccco3)no2)CN1c1ccccc1. The number of hydrogen-bond donors (Lipinski definition) is 1. The van der Waals surface area contributed by atoms with E-state index in [0.29, 0.717) is 37.0 Å². The number of benzene rings is 1. The summed E-state index contributed by atoms with van der Waals surface area (Å²) in [7, 11) is 0. The zero-order valence-corrected chi connectivity index (χ0v) is 12.9. The van der Waals surface area contributed by atoms with E-state index >= 15 is 0 Å². The summed E-state index contributed by atoms with van der Waals surface area (Å²) in [5.74, 6) is 1.56. The molecule has 0 bridgehead atoms. The van der Waals surface area contributed by atoms with Gasteiger partial charge < -0.3 is 19.2 Å². The maximum Gasteiger partial charge on any atom is 0.241 e. The highest BCUT2D eigenvalue weighted by Crippen LogP contribution is 2.21. The average molecular weight is 324 g/mol. The van der Waals surface area contributed by atoms with E-state index in [1.807, 2.05) is 30.3 Å². The Morgan fingerprint density at radius 1 is 1.21 bits per heavy atom. The maximum atomic E-state index is 12.2. The number of rotatable bonds is 5.